The van der Waals surface area contributed by atoms with E-state index in [1.54, 1.807) is 0 Å². The summed E-state index contributed by atoms with van der Waals surface area (Å²) in [5, 5.41) is 10.3. The van der Waals surface area contributed by atoms with Crippen LogP contribution in [-0.4, -0.2) is 20.5 Å². The van der Waals surface area contributed by atoms with Gasteiger partial charge in [-0.15, -0.1) is 10.2 Å². The Morgan fingerprint density at radius 1 is 1.35 bits per heavy atom. The molecule has 1 aliphatic rings. The number of carbonyl (C=O) groups excluding carboxylic acids is 1. The first kappa shape index (κ1) is 15.5. The number of pyridine rings is 1. The number of carbonyl (C=O) groups is 1. The Balaban J connectivity index is 1.70. The number of rotatable bonds is 4. The molecule has 1 aliphatic carbocycles. The average molecular weight is 324 g/mol. The van der Waals surface area contributed by atoms with Gasteiger partial charge in [0.1, 0.15) is 0 Å². The number of halogens is 3. The lowest BCUT2D eigenvalue weighted by Crippen LogP contribution is -2.25. The number of aromatic nitrogens is 3. The molecule has 0 aromatic carbocycles. The molecular formula is C15H15F3N4O. The second kappa shape index (κ2) is 6.02. The van der Waals surface area contributed by atoms with Gasteiger partial charge in [0, 0.05) is 12.6 Å². The predicted molar refractivity (Wildman–Crippen MR) is 76.3 cm³/mol. The Kier molecular flexibility index (Phi) is 4.06. The molecule has 0 fully saturated rings. The van der Waals surface area contributed by atoms with Crippen LogP contribution in [-0.2, 0) is 17.5 Å². The van der Waals surface area contributed by atoms with Gasteiger partial charge in [-0.2, -0.15) is 13.2 Å². The van der Waals surface area contributed by atoms with Crippen LogP contribution < -0.4 is 5.32 Å². The summed E-state index contributed by atoms with van der Waals surface area (Å²) in [4.78, 5) is 11.9. The molecule has 0 radical (unpaired) electrons. The van der Waals surface area contributed by atoms with Crippen molar-refractivity contribution >= 4 is 11.6 Å². The standard InChI is InChI=1S/C15H15F3N4O/c16-15(17,18)11-5-6-12-20-21-13(22(12)9-11)8-19-14(23)7-10-3-1-2-4-10/h1,3,5-6,9-10H,2,4,7-8H2,(H,19,23)/t10-/m0/s1. The first-order valence-corrected chi connectivity index (χ1v) is 7.28. The summed E-state index contributed by atoms with van der Waals surface area (Å²) in [5.41, 5.74) is -0.477. The highest BCUT2D eigenvalue weighted by Gasteiger charge is 2.31. The van der Waals surface area contributed by atoms with E-state index in [0.29, 0.717) is 12.1 Å². The maximum Gasteiger partial charge on any atom is 0.417 e. The second-order valence-electron chi connectivity index (χ2n) is 5.51. The average Bonchev–Trinajstić information content (AvgIpc) is 3.13. The van der Waals surface area contributed by atoms with Crippen molar-refractivity contribution in [3.8, 4) is 0 Å². The predicted octanol–water partition coefficient (Wildman–Crippen LogP) is 2.72. The lowest BCUT2D eigenvalue weighted by molar-refractivity contribution is -0.137. The number of hydrogen-bond donors (Lipinski definition) is 1. The van der Waals surface area contributed by atoms with Crippen LogP contribution in [0.25, 0.3) is 5.65 Å². The number of allylic oxidation sites excluding steroid dienone is 2. The highest BCUT2D eigenvalue weighted by molar-refractivity contribution is 5.76. The van der Waals surface area contributed by atoms with Crippen LogP contribution in [0.1, 0.15) is 30.7 Å². The van der Waals surface area contributed by atoms with Gasteiger partial charge in [-0.1, -0.05) is 12.2 Å². The van der Waals surface area contributed by atoms with Gasteiger partial charge < -0.3 is 5.32 Å². The summed E-state index contributed by atoms with van der Waals surface area (Å²) in [6.45, 7) is 0.0394. The quantitative estimate of drug-likeness (QED) is 0.880. The maximum absolute atomic E-state index is 12.8. The largest absolute Gasteiger partial charge is 0.417 e. The summed E-state index contributed by atoms with van der Waals surface area (Å²) < 4.78 is 39.5. The molecule has 0 spiro atoms. The van der Waals surface area contributed by atoms with E-state index in [2.05, 4.69) is 15.5 Å². The fraction of sp³-hybridized carbons (Fsp3) is 0.400. The van der Waals surface area contributed by atoms with Gasteiger partial charge in [0.05, 0.1) is 12.1 Å². The van der Waals surface area contributed by atoms with Crippen LogP contribution in [0.3, 0.4) is 0 Å². The molecule has 122 valence electrons. The Labute approximate surface area is 130 Å². The monoisotopic (exact) mass is 324 g/mol. The maximum atomic E-state index is 12.8. The molecule has 0 unspecified atom stereocenters. The molecular weight excluding hydrogens is 309 g/mol. The first-order valence-electron chi connectivity index (χ1n) is 7.28. The molecule has 1 atom stereocenters. The first-order chi connectivity index (χ1) is 10.9. The van der Waals surface area contributed by atoms with Crippen LogP contribution in [0.2, 0.25) is 0 Å². The van der Waals surface area contributed by atoms with E-state index in [0.717, 1.165) is 25.1 Å². The third-order valence-electron chi connectivity index (χ3n) is 3.80. The highest BCUT2D eigenvalue weighted by atomic mass is 19.4. The fourth-order valence-corrected chi connectivity index (χ4v) is 2.58. The summed E-state index contributed by atoms with van der Waals surface area (Å²) in [7, 11) is 0. The van der Waals surface area contributed by atoms with Crippen molar-refractivity contribution in [2.24, 2.45) is 5.92 Å². The number of hydrogen-bond acceptors (Lipinski definition) is 3. The van der Waals surface area contributed by atoms with Gasteiger partial charge in [-0.05, 0) is 30.9 Å². The number of alkyl halides is 3. The van der Waals surface area contributed by atoms with Gasteiger partial charge in [0.15, 0.2) is 11.5 Å². The molecule has 5 nitrogen and oxygen atoms in total. The van der Waals surface area contributed by atoms with Crippen LogP contribution in [0, 0.1) is 5.92 Å². The molecule has 3 rings (SSSR count). The van der Waals surface area contributed by atoms with Crippen LogP contribution >= 0.6 is 0 Å². The van der Waals surface area contributed by atoms with Crippen molar-refractivity contribution in [2.45, 2.75) is 32.0 Å². The summed E-state index contributed by atoms with van der Waals surface area (Å²) in [6, 6.07) is 2.21. The minimum absolute atomic E-state index is 0.0394. The number of fused-ring (bicyclic) bond motifs is 1. The van der Waals surface area contributed by atoms with E-state index in [1.807, 2.05) is 12.2 Å². The highest BCUT2D eigenvalue weighted by Crippen LogP contribution is 2.29. The number of nitrogens with zero attached hydrogens (tertiary/aromatic N) is 3. The summed E-state index contributed by atoms with van der Waals surface area (Å²) in [5.74, 6) is 0.355. The number of amides is 1. The molecule has 0 saturated heterocycles. The molecule has 0 saturated carbocycles. The van der Waals surface area contributed by atoms with E-state index in [4.69, 9.17) is 0 Å². The van der Waals surface area contributed by atoms with Crippen LogP contribution in [0.5, 0.6) is 0 Å². The zero-order valence-corrected chi connectivity index (χ0v) is 12.2. The smallest absolute Gasteiger partial charge is 0.349 e. The molecule has 1 amide bonds. The molecule has 2 heterocycles. The minimum Gasteiger partial charge on any atom is -0.349 e. The van der Waals surface area contributed by atoms with Gasteiger partial charge in [-0.3, -0.25) is 9.20 Å². The Hall–Kier alpha value is -2.38. The van der Waals surface area contributed by atoms with Crippen molar-refractivity contribution in [3.05, 3.63) is 41.9 Å². The molecule has 0 aliphatic heterocycles. The molecule has 1 N–H and O–H groups in total. The van der Waals surface area contributed by atoms with Gasteiger partial charge in [0.25, 0.3) is 0 Å². The molecule has 0 bridgehead atoms. The molecule has 2 aromatic heterocycles. The van der Waals surface area contributed by atoms with Crippen molar-refractivity contribution in [2.75, 3.05) is 0 Å². The number of nitrogens with one attached hydrogen (secondary N) is 1. The third kappa shape index (κ3) is 3.52. The second-order valence-corrected chi connectivity index (χ2v) is 5.51. The third-order valence-corrected chi connectivity index (χ3v) is 3.80. The zero-order valence-electron chi connectivity index (χ0n) is 12.2. The summed E-state index contributed by atoms with van der Waals surface area (Å²) >= 11 is 0. The van der Waals surface area contributed by atoms with Crippen molar-refractivity contribution in [3.63, 3.8) is 0 Å². The van der Waals surface area contributed by atoms with Gasteiger partial charge in [0.2, 0.25) is 5.91 Å². The lowest BCUT2D eigenvalue weighted by atomic mass is 10.1. The van der Waals surface area contributed by atoms with E-state index < -0.39 is 11.7 Å². The van der Waals surface area contributed by atoms with Crippen LogP contribution in [0.15, 0.2) is 30.5 Å². The Bertz CT molecular complexity index is 751. The fourth-order valence-electron chi connectivity index (χ4n) is 2.58. The molecule has 23 heavy (non-hydrogen) atoms. The van der Waals surface area contributed by atoms with Crippen molar-refractivity contribution < 1.29 is 18.0 Å². The SMILES string of the molecule is O=C(C[C@H]1C=CCC1)NCc1nnc2ccc(C(F)(F)F)cn12. The van der Waals surface area contributed by atoms with Crippen molar-refractivity contribution in [1.82, 2.24) is 19.9 Å². The minimum atomic E-state index is -4.44. The van der Waals surface area contributed by atoms with E-state index in [9.17, 15) is 18.0 Å². The van der Waals surface area contributed by atoms with E-state index >= 15 is 0 Å². The van der Waals surface area contributed by atoms with Crippen LogP contribution in [0.4, 0.5) is 13.2 Å². The van der Waals surface area contributed by atoms with E-state index in [-0.39, 0.29) is 24.2 Å². The topological polar surface area (TPSA) is 59.3 Å². The van der Waals surface area contributed by atoms with Gasteiger partial charge >= 0.3 is 6.18 Å². The molecule has 2 aromatic rings. The Morgan fingerprint density at radius 3 is 2.87 bits per heavy atom. The lowest BCUT2D eigenvalue weighted by Gasteiger charge is -2.09. The Morgan fingerprint density at radius 2 is 2.17 bits per heavy atom. The molecule has 8 heteroatoms. The van der Waals surface area contributed by atoms with E-state index in [1.165, 1.54) is 10.5 Å². The summed E-state index contributed by atoms with van der Waals surface area (Å²) in [6.07, 6.45) is 2.87. The normalized spacial score (nSPS) is 17.8. The van der Waals surface area contributed by atoms with Crippen molar-refractivity contribution in [1.29, 1.82) is 0 Å². The zero-order chi connectivity index (χ0) is 16.4. The van der Waals surface area contributed by atoms with Gasteiger partial charge in [-0.25, -0.2) is 0 Å².